The average molecular weight is 465 g/mol. The number of carboxylic acids is 1. The maximum Gasteiger partial charge on any atom is 0.308 e. The summed E-state index contributed by atoms with van der Waals surface area (Å²) >= 11 is 6.08. The van der Waals surface area contributed by atoms with E-state index in [2.05, 4.69) is 25.3 Å². The number of nitrogens with one attached hydrogen (secondary N) is 2. The second-order valence-electron chi connectivity index (χ2n) is 8.71. The summed E-state index contributed by atoms with van der Waals surface area (Å²) in [5.41, 5.74) is 1.80. The van der Waals surface area contributed by atoms with Crippen molar-refractivity contribution in [3.8, 4) is 17.2 Å². The quantitative estimate of drug-likeness (QED) is 0.408. The molecule has 4 aromatic rings. The Morgan fingerprint density at radius 1 is 1.18 bits per heavy atom. The Morgan fingerprint density at radius 3 is 2.76 bits per heavy atom. The predicted molar refractivity (Wildman–Crippen MR) is 121 cm³/mol. The van der Waals surface area contributed by atoms with Crippen LogP contribution in [0.3, 0.4) is 0 Å². The summed E-state index contributed by atoms with van der Waals surface area (Å²) < 4.78 is 1.78. The van der Waals surface area contributed by atoms with Crippen LogP contribution in [0.1, 0.15) is 25.7 Å². The van der Waals surface area contributed by atoms with Crippen LogP contribution in [0.25, 0.3) is 28.4 Å². The first kappa shape index (κ1) is 20.1. The Morgan fingerprint density at radius 2 is 2.00 bits per heavy atom. The first-order chi connectivity index (χ1) is 16.1. The molecule has 10 nitrogen and oxygen atoms in total. The molecule has 3 saturated carbocycles. The van der Waals surface area contributed by atoms with E-state index < -0.39 is 11.9 Å². The molecule has 0 radical (unpaired) electrons. The van der Waals surface area contributed by atoms with Crippen molar-refractivity contribution in [2.24, 2.45) is 17.8 Å². The highest BCUT2D eigenvalue weighted by molar-refractivity contribution is 6.29. The van der Waals surface area contributed by atoms with Crippen molar-refractivity contribution in [2.75, 3.05) is 5.32 Å². The van der Waals surface area contributed by atoms with Crippen molar-refractivity contribution >= 4 is 34.6 Å². The van der Waals surface area contributed by atoms with Crippen molar-refractivity contribution < 1.29 is 9.90 Å². The van der Waals surface area contributed by atoms with Crippen LogP contribution in [0.5, 0.6) is 0 Å². The van der Waals surface area contributed by atoms with E-state index in [4.69, 9.17) is 21.6 Å². The second kappa shape index (κ2) is 7.80. The summed E-state index contributed by atoms with van der Waals surface area (Å²) in [6, 6.07) is 1.64. The smallest absolute Gasteiger partial charge is 0.308 e. The third-order valence-electron chi connectivity index (χ3n) is 6.89. The molecule has 0 saturated heterocycles. The van der Waals surface area contributed by atoms with Gasteiger partial charge in [-0.25, -0.2) is 24.9 Å². The highest BCUT2D eigenvalue weighted by Crippen LogP contribution is 2.46. The van der Waals surface area contributed by atoms with Gasteiger partial charge in [0.1, 0.15) is 28.6 Å². The minimum atomic E-state index is -0.743. The van der Waals surface area contributed by atoms with Crippen molar-refractivity contribution in [3.05, 3.63) is 42.3 Å². The Hall–Kier alpha value is -3.53. The number of halogens is 1. The molecule has 4 aromatic heterocycles. The summed E-state index contributed by atoms with van der Waals surface area (Å²) in [4.78, 5) is 37.5. The minimum Gasteiger partial charge on any atom is -0.481 e. The normalized spacial score (nSPS) is 24.3. The van der Waals surface area contributed by atoms with Gasteiger partial charge in [0.15, 0.2) is 11.5 Å². The highest BCUT2D eigenvalue weighted by atomic mass is 35.5. The summed E-state index contributed by atoms with van der Waals surface area (Å²) in [7, 11) is 0. The zero-order chi connectivity index (χ0) is 22.5. The zero-order valence-electron chi connectivity index (χ0n) is 17.5. The number of imidazole rings is 1. The number of aromatic amines is 1. The molecule has 0 unspecified atom stereocenters. The number of anilines is 1. The van der Waals surface area contributed by atoms with E-state index in [1.54, 1.807) is 29.5 Å². The molecule has 0 aromatic carbocycles. The lowest BCUT2D eigenvalue weighted by molar-refractivity contribution is -0.148. The van der Waals surface area contributed by atoms with Crippen molar-refractivity contribution in [1.82, 2.24) is 34.5 Å². The molecule has 0 spiro atoms. The number of H-pyrrole nitrogens is 1. The van der Waals surface area contributed by atoms with Gasteiger partial charge in [-0.1, -0.05) is 11.6 Å². The third kappa shape index (κ3) is 3.50. The van der Waals surface area contributed by atoms with Crippen molar-refractivity contribution in [1.29, 1.82) is 0 Å². The predicted octanol–water partition coefficient (Wildman–Crippen LogP) is 3.56. The lowest BCUT2D eigenvalue weighted by Crippen LogP contribution is -2.51. The van der Waals surface area contributed by atoms with Crippen LogP contribution in [0.15, 0.2) is 37.2 Å². The monoisotopic (exact) mass is 464 g/mol. The Kier molecular flexibility index (Phi) is 4.75. The van der Waals surface area contributed by atoms with Crippen LogP contribution in [-0.2, 0) is 4.79 Å². The molecule has 0 amide bonds. The largest absolute Gasteiger partial charge is 0.481 e. The molecule has 4 heterocycles. The number of carbonyl (C=O) groups is 1. The summed E-state index contributed by atoms with van der Waals surface area (Å²) in [5, 5.41) is 13.7. The third-order valence-corrected chi connectivity index (χ3v) is 7.07. The van der Waals surface area contributed by atoms with Crippen LogP contribution in [0.4, 0.5) is 5.82 Å². The molecular weight excluding hydrogens is 444 g/mol. The van der Waals surface area contributed by atoms with Gasteiger partial charge in [0, 0.05) is 30.7 Å². The topological polar surface area (TPSA) is 134 Å². The SMILES string of the molecule is O=C(O)[C@@H]1C2CCC(CC2)[C@H]1Nc1cc(-n2ccnc2)nc(-c2c[nH]c3ncc(Cl)nc23)n1. The summed E-state index contributed by atoms with van der Waals surface area (Å²) in [6.45, 7) is 0. The fourth-order valence-electron chi connectivity index (χ4n) is 5.38. The molecule has 33 heavy (non-hydrogen) atoms. The molecule has 3 fully saturated rings. The molecular formula is C22H21ClN8O2. The van der Waals surface area contributed by atoms with Gasteiger partial charge in [0.05, 0.1) is 17.7 Å². The Bertz CT molecular complexity index is 1330. The molecule has 3 aliphatic rings. The molecule has 2 bridgehead atoms. The average Bonchev–Trinajstić information content (AvgIpc) is 3.49. The lowest BCUT2D eigenvalue weighted by Gasteiger charge is -2.47. The maximum absolute atomic E-state index is 12.1. The van der Waals surface area contributed by atoms with Gasteiger partial charge in [0.2, 0.25) is 0 Å². The Labute approximate surface area is 193 Å². The molecule has 0 aliphatic heterocycles. The number of aromatic nitrogens is 7. The van der Waals surface area contributed by atoms with E-state index in [1.165, 1.54) is 6.20 Å². The van der Waals surface area contributed by atoms with Crippen LogP contribution in [-0.4, -0.2) is 51.6 Å². The highest BCUT2D eigenvalue weighted by Gasteiger charge is 2.47. The van der Waals surface area contributed by atoms with Crippen LogP contribution in [0.2, 0.25) is 5.15 Å². The van der Waals surface area contributed by atoms with Crippen molar-refractivity contribution in [3.63, 3.8) is 0 Å². The van der Waals surface area contributed by atoms with E-state index in [1.807, 2.05) is 6.07 Å². The first-order valence-electron chi connectivity index (χ1n) is 10.9. The van der Waals surface area contributed by atoms with Gasteiger partial charge in [-0.2, -0.15) is 0 Å². The molecule has 7 rings (SSSR count). The number of fused-ring (bicyclic) bond motifs is 4. The van der Waals surface area contributed by atoms with Gasteiger partial charge < -0.3 is 15.4 Å². The van der Waals surface area contributed by atoms with Crippen LogP contribution >= 0.6 is 11.6 Å². The Balaban J connectivity index is 1.45. The van der Waals surface area contributed by atoms with E-state index >= 15 is 0 Å². The zero-order valence-corrected chi connectivity index (χ0v) is 18.3. The number of rotatable bonds is 5. The van der Waals surface area contributed by atoms with Gasteiger partial charge in [-0.05, 0) is 37.5 Å². The van der Waals surface area contributed by atoms with E-state index in [9.17, 15) is 9.90 Å². The number of aliphatic carboxylic acids is 1. The van der Waals surface area contributed by atoms with Crippen molar-refractivity contribution in [2.45, 2.75) is 31.7 Å². The fourth-order valence-corrected chi connectivity index (χ4v) is 5.51. The maximum atomic E-state index is 12.1. The molecule has 168 valence electrons. The van der Waals surface area contributed by atoms with Crippen LogP contribution < -0.4 is 5.32 Å². The van der Waals surface area contributed by atoms with Gasteiger partial charge in [-0.15, -0.1) is 0 Å². The number of hydrogen-bond acceptors (Lipinski definition) is 7. The second-order valence-corrected chi connectivity index (χ2v) is 9.09. The van der Waals surface area contributed by atoms with Gasteiger partial charge in [0.25, 0.3) is 0 Å². The number of hydrogen-bond donors (Lipinski definition) is 3. The lowest BCUT2D eigenvalue weighted by atomic mass is 9.61. The minimum absolute atomic E-state index is 0.175. The van der Waals surface area contributed by atoms with E-state index in [-0.39, 0.29) is 17.1 Å². The number of nitrogens with zero attached hydrogens (tertiary/aromatic N) is 6. The first-order valence-corrected chi connectivity index (χ1v) is 11.3. The van der Waals surface area contributed by atoms with Crippen LogP contribution in [0, 0.1) is 17.8 Å². The standard InChI is InChI=1S/C22H21ClN8O2/c23-14-9-26-21-19(27-14)13(8-25-21)20-29-15(7-16(30-20)31-6-5-24-10-31)28-18-12-3-1-11(2-4-12)17(18)22(32)33/h5-12,17-18H,1-4H2,(H,25,26)(H,32,33)(H,28,29,30)/t11?,12?,17-,18-/m1/s1. The summed E-state index contributed by atoms with van der Waals surface area (Å²) in [6.07, 6.45) is 12.4. The molecule has 11 heteroatoms. The van der Waals surface area contributed by atoms with Gasteiger partial charge in [-0.3, -0.25) is 9.36 Å². The molecule has 2 atom stereocenters. The van der Waals surface area contributed by atoms with E-state index in [0.717, 1.165) is 25.7 Å². The fraction of sp³-hybridized carbons (Fsp3) is 0.364. The molecule has 3 aliphatic carbocycles. The molecule has 3 N–H and O–H groups in total. The van der Waals surface area contributed by atoms with Gasteiger partial charge >= 0.3 is 5.97 Å². The van der Waals surface area contributed by atoms with E-state index in [0.29, 0.717) is 40.1 Å². The summed E-state index contributed by atoms with van der Waals surface area (Å²) in [5.74, 6) is 0.945. The number of carboxylic acid groups (broad SMARTS) is 1.